The fourth-order valence-corrected chi connectivity index (χ4v) is 4.89. The summed E-state index contributed by atoms with van der Waals surface area (Å²) in [6.45, 7) is 9.69. The average molecular weight is 431 g/mol. The summed E-state index contributed by atoms with van der Waals surface area (Å²) in [7, 11) is 0. The number of aliphatic hydroxyl groups is 1. The van der Waals surface area contributed by atoms with Gasteiger partial charge in [0.1, 0.15) is 11.5 Å². The lowest BCUT2D eigenvalue weighted by molar-refractivity contribution is 0.0958. The summed E-state index contributed by atoms with van der Waals surface area (Å²) >= 11 is 5.98. The van der Waals surface area contributed by atoms with Gasteiger partial charge in [0.05, 0.1) is 6.61 Å². The van der Waals surface area contributed by atoms with Gasteiger partial charge in [-0.05, 0) is 73.4 Å². The first-order chi connectivity index (χ1) is 14.5. The maximum atomic E-state index is 11.0. The van der Waals surface area contributed by atoms with E-state index in [1.807, 2.05) is 36.4 Å². The van der Waals surface area contributed by atoms with E-state index >= 15 is 0 Å². The van der Waals surface area contributed by atoms with Gasteiger partial charge >= 0.3 is 0 Å². The quantitative estimate of drug-likeness (QED) is 0.354. The summed E-state index contributed by atoms with van der Waals surface area (Å²) in [5.41, 5.74) is 3.58. The van der Waals surface area contributed by atoms with Gasteiger partial charge in [-0.3, -0.25) is 0 Å². The highest BCUT2D eigenvalue weighted by Gasteiger charge is 2.41. The van der Waals surface area contributed by atoms with Crippen molar-refractivity contribution in [3.8, 4) is 0 Å². The number of rotatable bonds is 11. The minimum absolute atomic E-state index is 0.0127. The summed E-state index contributed by atoms with van der Waals surface area (Å²) in [5, 5.41) is 11.7. The standard InChI is InChI=1S/C27H39ClO2/c1-5-9-22-19-23(25(29)15-12-21-10-13-24(28)14-11-21)20-27(16-6-2,17-7-3)26(22)30-18-8-4/h10-15,29H,5-9,16-20H2,1-4H3/b15-12+,25-23+. The smallest absolute Gasteiger partial charge is 0.115 e. The van der Waals surface area contributed by atoms with Crippen molar-refractivity contribution in [2.45, 2.75) is 85.5 Å². The lowest BCUT2D eigenvalue weighted by Gasteiger charge is -2.42. The molecule has 1 aliphatic rings. The van der Waals surface area contributed by atoms with Gasteiger partial charge in [-0.2, -0.15) is 0 Å². The van der Waals surface area contributed by atoms with E-state index < -0.39 is 0 Å². The van der Waals surface area contributed by atoms with Crippen molar-refractivity contribution in [2.24, 2.45) is 5.41 Å². The van der Waals surface area contributed by atoms with E-state index in [9.17, 15) is 5.11 Å². The van der Waals surface area contributed by atoms with Gasteiger partial charge < -0.3 is 9.84 Å². The Balaban J connectivity index is 2.45. The maximum Gasteiger partial charge on any atom is 0.115 e. The molecular weight excluding hydrogens is 392 g/mol. The SMILES string of the molecule is CCCOC1=C(CCC)C/C(=C(O)/C=C/c2ccc(Cl)cc2)CC1(CCC)CCC. The van der Waals surface area contributed by atoms with Crippen LogP contribution in [-0.4, -0.2) is 11.7 Å². The average Bonchev–Trinajstić information content (AvgIpc) is 2.73. The number of hydrogen-bond donors (Lipinski definition) is 1. The molecule has 0 aliphatic heterocycles. The zero-order chi connectivity index (χ0) is 22.0. The topological polar surface area (TPSA) is 29.5 Å². The second kappa shape index (κ2) is 12.2. The van der Waals surface area contributed by atoms with E-state index in [1.54, 1.807) is 0 Å². The highest BCUT2D eigenvalue weighted by Crippen LogP contribution is 2.51. The number of aliphatic hydroxyl groups excluding tert-OH is 1. The zero-order valence-corrected chi connectivity index (χ0v) is 20.0. The van der Waals surface area contributed by atoms with Gasteiger partial charge in [0.2, 0.25) is 0 Å². The molecule has 1 N–H and O–H groups in total. The first-order valence-corrected chi connectivity index (χ1v) is 12.1. The Bertz CT molecular complexity index is 750. The Morgan fingerprint density at radius 1 is 1.03 bits per heavy atom. The van der Waals surface area contributed by atoms with Crippen LogP contribution in [0.2, 0.25) is 5.02 Å². The van der Waals surface area contributed by atoms with Gasteiger partial charge in [0.25, 0.3) is 0 Å². The highest BCUT2D eigenvalue weighted by molar-refractivity contribution is 6.30. The highest BCUT2D eigenvalue weighted by atomic mass is 35.5. The molecule has 0 bridgehead atoms. The molecule has 0 fully saturated rings. The minimum atomic E-state index is 0.0127. The molecule has 166 valence electrons. The second-order valence-corrected chi connectivity index (χ2v) is 8.98. The third kappa shape index (κ3) is 6.41. The van der Waals surface area contributed by atoms with Crippen LogP contribution in [0.4, 0.5) is 0 Å². The molecule has 1 aliphatic carbocycles. The molecule has 2 nitrogen and oxygen atoms in total. The fourth-order valence-electron chi connectivity index (χ4n) is 4.76. The van der Waals surface area contributed by atoms with Crippen molar-refractivity contribution in [3.63, 3.8) is 0 Å². The molecule has 3 heteroatoms. The summed E-state index contributed by atoms with van der Waals surface area (Å²) in [6.07, 6.45) is 13.1. The molecule has 0 heterocycles. The van der Waals surface area contributed by atoms with E-state index in [2.05, 4.69) is 27.7 Å². The molecule has 0 atom stereocenters. The number of ether oxygens (including phenoxy) is 1. The summed E-state index contributed by atoms with van der Waals surface area (Å²) in [6, 6.07) is 7.68. The van der Waals surface area contributed by atoms with Crippen molar-refractivity contribution in [1.82, 2.24) is 0 Å². The minimum Gasteiger partial charge on any atom is -0.508 e. The van der Waals surface area contributed by atoms with Crippen LogP contribution in [0.3, 0.4) is 0 Å². The Kier molecular flexibility index (Phi) is 10.0. The zero-order valence-electron chi connectivity index (χ0n) is 19.3. The fraction of sp³-hybridized carbons (Fsp3) is 0.556. The lowest BCUT2D eigenvalue weighted by Crippen LogP contribution is -2.31. The van der Waals surface area contributed by atoms with Crippen molar-refractivity contribution in [2.75, 3.05) is 6.61 Å². The van der Waals surface area contributed by atoms with Crippen LogP contribution in [0.5, 0.6) is 0 Å². The maximum absolute atomic E-state index is 11.0. The van der Waals surface area contributed by atoms with Crippen molar-refractivity contribution < 1.29 is 9.84 Å². The second-order valence-electron chi connectivity index (χ2n) is 8.54. The van der Waals surface area contributed by atoms with Crippen LogP contribution in [0.15, 0.2) is 53.0 Å². The van der Waals surface area contributed by atoms with Gasteiger partial charge in [-0.15, -0.1) is 0 Å². The molecule has 0 aromatic heterocycles. The van der Waals surface area contributed by atoms with Crippen LogP contribution < -0.4 is 0 Å². The predicted octanol–water partition coefficient (Wildman–Crippen LogP) is 9.03. The van der Waals surface area contributed by atoms with Gasteiger partial charge in [-0.1, -0.05) is 76.8 Å². The number of benzene rings is 1. The Morgan fingerprint density at radius 3 is 2.27 bits per heavy atom. The van der Waals surface area contributed by atoms with E-state index in [4.69, 9.17) is 16.3 Å². The summed E-state index contributed by atoms with van der Waals surface area (Å²) in [5.74, 6) is 1.65. The van der Waals surface area contributed by atoms with Crippen molar-refractivity contribution in [1.29, 1.82) is 0 Å². The van der Waals surface area contributed by atoms with Crippen LogP contribution in [0.1, 0.15) is 91.0 Å². The normalized spacial score (nSPS) is 18.2. The Labute approximate surface area is 188 Å². The summed E-state index contributed by atoms with van der Waals surface area (Å²) < 4.78 is 6.43. The predicted molar refractivity (Wildman–Crippen MR) is 130 cm³/mol. The largest absolute Gasteiger partial charge is 0.508 e. The summed E-state index contributed by atoms with van der Waals surface area (Å²) in [4.78, 5) is 0. The number of halogens is 1. The van der Waals surface area contributed by atoms with Gasteiger partial charge in [-0.25, -0.2) is 0 Å². The third-order valence-corrected chi connectivity index (χ3v) is 6.16. The van der Waals surface area contributed by atoms with Crippen molar-refractivity contribution in [3.05, 3.63) is 63.6 Å². The molecule has 0 saturated heterocycles. The van der Waals surface area contributed by atoms with Crippen LogP contribution >= 0.6 is 11.6 Å². The molecule has 0 unspecified atom stereocenters. The molecule has 1 aromatic carbocycles. The molecule has 1 aromatic rings. The van der Waals surface area contributed by atoms with E-state index in [0.717, 1.165) is 80.6 Å². The molecule has 0 amide bonds. The molecule has 0 saturated carbocycles. The lowest BCUT2D eigenvalue weighted by atomic mass is 9.66. The number of hydrogen-bond acceptors (Lipinski definition) is 2. The molecular formula is C27H39ClO2. The van der Waals surface area contributed by atoms with Crippen LogP contribution in [0.25, 0.3) is 6.08 Å². The van der Waals surface area contributed by atoms with E-state index in [1.165, 1.54) is 11.3 Å². The van der Waals surface area contributed by atoms with Gasteiger partial charge in [0.15, 0.2) is 0 Å². The molecule has 30 heavy (non-hydrogen) atoms. The van der Waals surface area contributed by atoms with E-state index in [0.29, 0.717) is 5.76 Å². The monoisotopic (exact) mass is 430 g/mol. The Hall–Kier alpha value is -1.67. The van der Waals surface area contributed by atoms with Gasteiger partial charge in [0, 0.05) is 10.4 Å². The Morgan fingerprint density at radius 2 is 1.70 bits per heavy atom. The molecule has 0 spiro atoms. The third-order valence-electron chi connectivity index (χ3n) is 5.91. The van der Waals surface area contributed by atoms with Crippen LogP contribution in [0, 0.1) is 5.41 Å². The molecule has 2 rings (SSSR count). The first-order valence-electron chi connectivity index (χ1n) is 11.7. The van der Waals surface area contributed by atoms with E-state index in [-0.39, 0.29) is 5.41 Å². The molecule has 0 radical (unpaired) electrons. The van der Waals surface area contributed by atoms with Crippen LogP contribution in [-0.2, 0) is 4.74 Å². The van der Waals surface area contributed by atoms with Crippen molar-refractivity contribution >= 4 is 17.7 Å². The first kappa shape index (κ1) is 24.6. The number of allylic oxidation sites excluding steroid dienone is 4.